The summed E-state index contributed by atoms with van der Waals surface area (Å²) in [4.78, 5) is 8.91. The maximum Gasteiger partial charge on any atom is 0.143 e. The predicted octanol–water partition coefficient (Wildman–Crippen LogP) is 1.67. The van der Waals surface area contributed by atoms with E-state index in [0.29, 0.717) is 0 Å². The van der Waals surface area contributed by atoms with E-state index in [9.17, 15) is 0 Å². The first-order chi connectivity index (χ1) is 7.31. The van der Waals surface area contributed by atoms with Crippen molar-refractivity contribution >= 4 is 5.82 Å². The number of nitrogens with two attached hydrogens (primary N) is 1. The van der Waals surface area contributed by atoms with Gasteiger partial charge in [-0.15, -0.1) is 0 Å². The minimum absolute atomic E-state index is 0.740. The molecule has 1 aliphatic carbocycles. The van der Waals surface area contributed by atoms with Crippen molar-refractivity contribution in [3.8, 4) is 0 Å². The Morgan fingerprint density at radius 2 is 2.27 bits per heavy atom. The van der Waals surface area contributed by atoms with E-state index in [1.165, 1.54) is 12.8 Å². The minimum Gasteiger partial charge on any atom is -0.308 e. The van der Waals surface area contributed by atoms with Gasteiger partial charge in [-0.1, -0.05) is 13.3 Å². The Balaban J connectivity index is 2.15. The molecule has 1 heterocycles. The molecule has 0 unspecified atom stereocenters. The highest BCUT2D eigenvalue weighted by molar-refractivity contribution is 5.34. The summed E-state index contributed by atoms with van der Waals surface area (Å²) in [5.74, 6) is 7.88. The SMILES string of the molecule is CCCc1cc(NN)nc(CC2CC2)n1. The number of hydrogen-bond acceptors (Lipinski definition) is 4. The Kier molecular flexibility index (Phi) is 3.16. The third-order valence-electron chi connectivity index (χ3n) is 2.65. The van der Waals surface area contributed by atoms with E-state index in [-0.39, 0.29) is 0 Å². The van der Waals surface area contributed by atoms with Gasteiger partial charge in [0.05, 0.1) is 0 Å². The highest BCUT2D eigenvalue weighted by Crippen LogP contribution is 2.31. The zero-order valence-corrected chi connectivity index (χ0v) is 9.16. The van der Waals surface area contributed by atoms with Crippen LogP contribution in [0.1, 0.15) is 37.7 Å². The standard InChI is InChI=1S/C11H18N4/c1-2-3-9-7-11(15-12)14-10(13-9)6-8-4-5-8/h7-8H,2-6,12H2,1H3,(H,13,14,15). The van der Waals surface area contributed by atoms with Crippen molar-refractivity contribution in [2.45, 2.75) is 39.0 Å². The van der Waals surface area contributed by atoms with E-state index in [0.717, 1.165) is 42.5 Å². The largest absolute Gasteiger partial charge is 0.308 e. The first kappa shape index (κ1) is 10.4. The summed E-state index contributed by atoms with van der Waals surface area (Å²) in [5, 5.41) is 0. The molecule has 0 radical (unpaired) electrons. The predicted molar refractivity (Wildman–Crippen MR) is 60.3 cm³/mol. The summed E-state index contributed by atoms with van der Waals surface area (Å²) in [5.41, 5.74) is 3.70. The quantitative estimate of drug-likeness (QED) is 0.568. The molecule has 82 valence electrons. The Morgan fingerprint density at radius 1 is 1.47 bits per heavy atom. The summed E-state index contributed by atoms with van der Waals surface area (Å²) < 4.78 is 0. The van der Waals surface area contributed by atoms with Crippen molar-refractivity contribution < 1.29 is 0 Å². The first-order valence-corrected chi connectivity index (χ1v) is 5.65. The van der Waals surface area contributed by atoms with Crippen LogP contribution in [0.2, 0.25) is 0 Å². The second-order valence-electron chi connectivity index (χ2n) is 4.20. The summed E-state index contributed by atoms with van der Waals surface area (Å²) in [6, 6.07) is 1.93. The molecular weight excluding hydrogens is 188 g/mol. The molecule has 0 aromatic carbocycles. The lowest BCUT2D eigenvalue weighted by Crippen LogP contribution is -2.12. The van der Waals surface area contributed by atoms with E-state index in [4.69, 9.17) is 5.84 Å². The normalized spacial score (nSPS) is 15.3. The number of hydrazine groups is 1. The fourth-order valence-corrected chi connectivity index (χ4v) is 1.68. The molecule has 0 amide bonds. The highest BCUT2D eigenvalue weighted by atomic mass is 15.3. The van der Waals surface area contributed by atoms with Crippen molar-refractivity contribution in [2.75, 3.05) is 5.43 Å². The first-order valence-electron chi connectivity index (χ1n) is 5.65. The van der Waals surface area contributed by atoms with Crippen LogP contribution in [0.25, 0.3) is 0 Å². The van der Waals surface area contributed by atoms with Crippen LogP contribution in [-0.2, 0) is 12.8 Å². The van der Waals surface area contributed by atoms with Crippen LogP contribution in [0, 0.1) is 5.92 Å². The van der Waals surface area contributed by atoms with Gasteiger partial charge in [0.2, 0.25) is 0 Å². The van der Waals surface area contributed by atoms with E-state index in [1.807, 2.05) is 6.07 Å². The molecule has 0 aliphatic heterocycles. The van der Waals surface area contributed by atoms with Crippen molar-refractivity contribution in [3.63, 3.8) is 0 Å². The number of hydrogen-bond donors (Lipinski definition) is 2. The Morgan fingerprint density at radius 3 is 2.87 bits per heavy atom. The zero-order valence-electron chi connectivity index (χ0n) is 9.16. The van der Waals surface area contributed by atoms with Crippen molar-refractivity contribution in [1.82, 2.24) is 9.97 Å². The van der Waals surface area contributed by atoms with Crippen molar-refractivity contribution in [2.24, 2.45) is 11.8 Å². The lowest BCUT2D eigenvalue weighted by molar-refractivity contribution is 0.750. The van der Waals surface area contributed by atoms with E-state index in [1.54, 1.807) is 0 Å². The molecule has 15 heavy (non-hydrogen) atoms. The van der Waals surface area contributed by atoms with Gasteiger partial charge in [-0.3, -0.25) is 0 Å². The van der Waals surface area contributed by atoms with E-state index in [2.05, 4.69) is 22.3 Å². The second-order valence-corrected chi connectivity index (χ2v) is 4.20. The second kappa shape index (κ2) is 4.57. The lowest BCUT2D eigenvalue weighted by atomic mass is 10.2. The number of anilines is 1. The smallest absolute Gasteiger partial charge is 0.143 e. The highest BCUT2D eigenvalue weighted by Gasteiger charge is 2.23. The molecule has 0 bridgehead atoms. The fourth-order valence-electron chi connectivity index (χ4n) is 1.68. The average Bonchev–Trinajstić information content (AvgIpc) is 3.02. The van der Waals surface area contributed by atoms with Gasteiger partial charge in [-0.05, 0) is 25.2 Å². The number of aromatic nitrogens is 2. The number of rotatable bonds is 5. The number of nitrogens with zero attached hydrogens (tertiary/aromatic N) is 2. The van der Waals surface area contributed by atoms with Crippen LogP contribution < -0.4 is 11.3 Å². The lowest BCUT2D eigenvalue weighted by Gasteiger charge is -2.06. The number of aryl methyl sites for hydroxylation is 1. The van der Waals surface area contributed by atoms with E-state index < -0.39 is 0 Å². The topological polar surface area (TPSA) is 63.8 Å². The minimum atomic E-state index is 0.740. The molecule has 1 aliphatic rings. The number of nitrogen functional groups attached to an aromatic ring is 1. The van der Waals surface area contributed by atoms with Gasteiger partial charge in [0.25, 0.3) is 0 Å². The molecule has 0 spiro atoms. The fraction of sp³-hybridized carbons (Fsp3) is 0.636. The van der Waals surface area contributed by atoms with Gasteiger partial charge >= 0.3 is 0 Å². The molecule has 0 saturated heterocycles. The van der Waals surface area contributed by atoms with Crippen LogP contribution in [-0.4, -0.2) is 9.97 Å². The Bertz CT molecular complexity index is 333. The zero-order chi connectivity index (χ0) is 10.7. The van der Waals surface area contributed by atoms with E-state index >= 15 is 0 Å². The summed E-state index contributed by atoms with van der Waals surface area (Å²) in [6.45, 7) is 2.15. The third kappa shape index (κ3) is 2.89. The van der Waals surface area contributed by atoms with Crippen molar-refractivity contribution in [3.05, 3.63) is 17.6 Å². The molecule has 2 rings (SSSR count). The summed E-state index contributed by atoms with van der Waals surface area (Å²) in [7, 11) is 0. The molecule has 4 nitrogen and oxygen atoms in total. The Labute approximate surface area is 90.3 Å². The number of nitrogens with one attached hydrogen (secondary N) is 1. The van der Waals surface area contributed by atoms with Gasteiger partial charge in [0.1, 0.15) is 11.6 Å². The van der Waals surface area contributed by atoms with Crippen LogP contribution >= 0.6 is 0 Å². The van der Waals surface area contributed by atoms with Crippen LogP contribution in [0.5, 0.6) is 0 Å². The summed E-state index contributed by atoms with van der Waals surface area (Å²) >= 11 is 0. The molecule has 3 N–H and O–H groups in total. The monoisotopic (exact) mass is 206 g/mol. The molecule has 4 heteroatoms. The average molecular weight is 206 g/mol. The molecule has 1 aromatic heterocycles. The Hall–Kier alpha value is -1.16. The van der Waals surface area contributed by atoms with Crippen LogP contribution in [0.15, 0.2) is 6.07 Å². The van der Waals surface area contributed by atoms with Gasteiger partial charge < -0.3 is 5.43 Å². The van der Waals surface area contributed by atoms with Gasteiger partial charge in [-0.25, -0.2) is 15.8 Å². The molecule has 1 fully saturated rings. The van der Waals surface area contributed by atoms with Crippen molar-refractivity contribution in [1.29, 1.82) is 0 Å². The molecular formula is C11H18N4. The molecule has 1 saturated carbocycles. The molecule has 1 aromatic rings. The third-order valence-corrected chi connectivity index (χ3v) is 2.65. The van der Waals surface area contributed by atoms with Gasteiger partial charge in [0, 0.05) is 18.2 Å². The maximum atomic E-state index is 5.39. The van der Waals surface area contributed by atoms with Crippen LogP contribution in [0.3, 0.4) is 0 Å². The van der Waals surface area contributed by atoms with Gasteiger partial charge in [-0.2, -0.15) is 0 Å². The summed E-state index contributed by atoms with van der Waals surface area (Å²) in [6.07, 6.45) is 5.75. The maximum absolute atomic E-state index is 5.39. The molecule has 0 atom stereocenters. The van der Waals surface area contributed by atoms with Crippen LogP contribution in [0.4, 0.5) is 5.82 Å². The van der Waals surface area contributed by atoms with Gasteiger partial charge in [0.15, 0.2) is 0 Å².